The minimum absolute atomic E-state index is 0.0625. The van der Waals surface area contributed by atoms with E-state index in [0.717, 1.165) is 5.56 Å². The molecule has 4 rings (SSSR count). The normalized spacial score (nSPS) is 10.6. The van der Waals surface area contributed by atoms with Crippen molar-refractivity contribution in [1.82, 2.24) is 19.7 Å². The Hall–Kier alpha value is -4.58. The number of amides is 2. The average Bonchev–Trinajstić information content (AvgIpc) is 3.36. The standard InChI is InChI=1S/C28H30N6O5S/c1-4-38-22-10-11-24(39-5-2)23(16-22)31-25(35)17-34-28(32-27(33-34)19-12-14-29-15-13-19)40-18-26(36)30-20-6-8-21(37-3)9-7-20/h6-16H,4-5,17-18H2,1-3H3,(H,30,36)(H,31,35). The fourth-order valence-corrected chi connectivity index (χ4v) is 4.37. The first-order valence-electron chi connectivity index (χ1n) is 12.6. The second kappa shape index (κ2) is 14.0. The van der Waals surface area contributed by atoms with Crippen LogP contribution in [0.1, 0.15) is 13.8 Å². The van der Waals surface area contributed by atoms with Gasteiger partial charge in [0, 0.05) is 29.7 Å². The molecule has 0 radical (unpaired) electrons. The summed E-state index contributed by atoms with van der Waals surface area (Å²) >= 11 is 1.18. The maximum Gasteiger partial charge on any atom is 0.246 e. The van der Waals surface area contributed by atoms with Gasteiger partial charge in [0.1, 0.15) is 23.8 Å². The average molecular weight is 563 g/mol. The van der Waals surface area contributed by atoms with Crippen LogP contribution in [0, 0.1) is 0 Å². The smallest absolute Gasteiger partial charge is 0.246 e. The number of rotatable bonds is 13. The molecule has 12 heteroatoms. The quantitative estimate of drug-likeness (QED) is 0.226. The zero-order chi connectivity index (χ0) is 28.3. The number of aromatic nitrogens is 4. The predicted octanol–water partition coefficient (Wildman–Crippen LogP) is 4.52. The predicted molar refractivity (Wildman–Crippen MR) is 153 cm³/mol. The summed E-state index contributed by atoms with van der Waals surface area (Å²) in [5.74, 6) is 1.75. The van der Waals surface area contributed by atoms with Gasteiger partial charge in [-0.25, -0.2) is 9.67 Å². The Morgan fingerprint density at radius 3 is 2.33 bits per heavy atom. The first-order valence-corrected chi connectivity index (χ1v) is 13.6. The molecule has 0 spiro atoms. The van der Waals surface area contributed by atoms with Gasteiger partial charge >= 0.3 is 0 Å². The fraction of sp³-hybridized carbons (Fsp3) is 0.250. The number of nitrogens with zero attached hydrogens (tertiary/aromatic N) is 4. The monoisotopic (exact) mass is 562 g/mol. The zero-order valence-electron chi connectivity index (χ0n) is 22.4. The van der Waals surface area contributed by atoms with E-state index in [1.54, 1.807) is 74.1 Å². The van der Waals surface area contributed by atoms with Gasteiger partial charge in [-0.2, -0.15) is 0 Å². The van der Waals surface area contributed by atoms with Gasteiger partial charge in [0.25, 0.3) is 0 Å². The lowest BCUT2D eigenvalue weighted by Gasteiger charge is -2.14. The number of ether oxygens (including phenoxy) is 3. The minimum atomic E-state index is -0.342. The summed E-state index contributed by atoms with van der Waals surface area (Å²) < 4.78 is 17.9. The second-order valence-corrected chi connectivity index (χ2v) is 9.19. The molecule has 0 aliphatic rings. The zero-order valence-corrected chi connectivity index (χ0v) is 23.2. The molecule has 2 heterocycles. The van der Waals surface area contributed by atoms with E-state index in [4.69, 9.17) is 14.2 Å². The van der Waals surface area contributed by atoms with Gasteiger partial charge in [-0.05, 0) is 62.4 Å². The number of anilines is 2. The van der Waals surface area contributed by atoms with E-state index in [-0.39, 0.29) is 24.1 Å². The molecule has 11 nitrogen and oxygen atoms in total. The molecule has 2 amide bonds. The molecule has 0 aliphatic heterocycles. The first-order chi connectivity index (χ1) is 19.5. The Bertz CT molecular complexity index is 1430. The summed E-state index contributed by atoms with van der Waals surface area (Å²) in [6, 6.07) is 15.9. The molecule has 0 saturated heterocycles. The van der Waals surface area contributed by atoms with E-state index >= 15 is 0 Å². The lowest BCUT2D eigenvalue weighted by Crippen LogP contribution is -2.21. The van der Waals surface area contributed by atoms with Crippen LogP contribution in [0.15, 0.2) is 72.1 Å². The molecular formula is C28H30N6O5S. The Morgan fingerprint density at radius 1 is 0.900 bits per heavy atom. The van der Waals surface area contributed by atoms with Gasteiger partial charge in [-0.3, -0.25) is 14.6 Å². The molecule has 208 valence electrons. The number of methoxy groups -OCH3 is 1. The molecule has 4 aromatic rings. The van der Waals surface area contributed by atoms with Gasteiger partial charge < -0.3 is 24.8 Å². The van der Waals surface area contributed by atoms with Crippen molar-refractivity contribution in [3.63, 3.8) is 0 Å². The van der Waals surface area contributed by atoms with E-state index in [1.807, 2.05) is 13.8 Å². The SMILES string of the molecule is CCOc1ccc(OCC)c(NC(=O)Cn2nc(-c3ccncc3)nc2SCC(=O)Nc2ccc(OC)cc2)c1. The number of thioether (sulfide) groups is 1. The topological polar surface area (TPSA) is 129 Å². The lowest BCUT2D eigenvalue weighted by atomic mass is 10.2. The number of benzene rings is 2. The van der Waals surface area contributed by atoms with Crippen molar-refractivity contribution in [2.45, 2.75) is 25.5 Å². The highest BCUT2D eigenvalue weighted by Crippen LogP contribution is 2.30. The summed E-state index contributed by atoms with van der Waals surface area (Å²) in [7, 11) is 1.58. The summed E-state index contributed by atoms with van der Waals surface area (Å²) in [5, 5.41) is 10.7. The third kappa shape index (κ3) is 7.73. The largest absolute Gasteiger partial charge is 0.497 e. The Morgan fingerprint density at radius 2 is 1.62 bits per heavy atom. The van der Waals surface area contributed by atoms with Crippen molar-refractivity contribution in [1.29, 1.82) is 0 Å². The molecule has 2 N–H and O–H groups in total. The van der Waals surface area contributed by atoms with Crippen LogP contribution in [0.5, 0.6) is 17.2 Å². The van der Waals surface area contributed by atoms with E-state index < -0.39 is 0 Å². The Kier molecular flexibility index (Phi) is 9.94. The van der Waals surface area contributed by atoms with Gasteiger partial charge in [-0.15, -0.1) is 5.10 Å². The van der Waals surface area contributed by atoms with Crippen LogP contribution < -0.4 is 24.8 Å². The molecule has 2 aromatic heterocycles. The number of carbonyl (C=O) groups excluding carboxylic acids is 2. The fourth-order valence-electron chi connectivity index (χ4n) is 3.63. The van der Waals surface area contributed by atoms with Crippen molar-refractivity contribution in [3.05, 3.63) is 67.0 Å². The van der Waals surface area contributed by atoms with Crippen LogP contribution in [0.4, 0.5) is 11.4 Å². The molecule has 0 fully saturated rings. The summed E-state index contributed by atoms with van der Waals surface area (Å²) in [6.07, 6.45) is 3.27. The highest BCUT2D eigenvalue weighted by Gasteiger charge is 2.18. The highest BCUT2D eigenvalue weighted by molar-refractivity contribution is 7.99. The lowest BCUT2D eigenvalue weighted by molar-refractivity contribution is -0.117. The first kappa shape index (κ1) is 28.4. The minimum Gasteiger partial charge on any atom is -0.497 e. The number of hydrogen-bond acceptors (Lipinski definition) is 9. The van der Waals surface area contributed by atoms with Gasteiger partial charge in [0.15, 0.2) is 11.0 Å². The molecule has 0 bridgehead atoms. The van der Waals surface area contributed by atoms with E-state index in [1.165, 1.54) is 16.4 Å². The van der Waals surface area contributed by atoms with Crippen molar-refractivity contribution < 1.29 is 23.8 Å². The van der Waals surface area contributed by atoms with Crippen LogP contribution in [-0.4, -0.2) is 57.6 Å². The van der Waals surface area contributed by atoms with Crippen LogP contribution in [0.25, 0.3) is 11.4 Å². The van der Waals surface area contributed by atoms with Crippen LogP contribution in [0.2, 0.25) is 0 Å². The van der Waals surface area contributed by atoms with E-state index in [0.29, 0.717) is 52.8 Å². The molecule has 0 unspecified atom stereocenters. The third-order valence-corrected chi connectivity index (χ3v) is 6.38. The van der Waals surface area contributed by atoms with Gasteiger partial charge in [0.05, 0.1) is 31.8 Å². The van der Waals surface area contributed by atoms with Crippen molar-refractivity contribution in [2.75, 3.05) is 36.7 Å². The van der Waals surface area contributed by atoms with E-state index in [2.05, 4.69) is 25.7 Å². The summed E-state index contributed by atoms with van der Waals surface area (Å²) in [5.41, 5.74) is 1.87. The van der Waals surface area contributed by atoms with Gasteiger partial charge in [0.2, 0.25) is 11.8 Å². The van der Waals surface area contributed by atoms with Crippen LogP contribution in [0.3, 0.4) is 0 Å². The van der Waals surface area contributed by atoms with Gasteiger partial charge in [-0.1, -0.05) is 11.8 Å². The maximum absolute atomic E-state index is 13.1. The highest BCUT2D eigenvalue weighted by atomic mass is 32.2. The summed E-state index contributed by atoms with van der Waals surface area (Å²) in [6.45, 7) is 4.55. The van der Waals surface area contributed by atoms with Crippen molar-refractivity contribution in [2.24, 2.45) is 0 Å². The molecule has 0 saturated carbocycles. The molecular weight excluding hydrogens is 532 g/mol. The van der Waals surface area contributed by atoms with E-state index in [9.17, 15) is 9.59 Å². The molecule has 0 aliphatic carbocycles. The summed E-state index contributed by atoms with van der Waals surface area (Å²) in [4.78, 5) is 34.4. The number of carbonyl (C=O) groups is 2. The molecule has 40 heavy (non-hydrogen) atoms. The number of hydrogen-bond donors (Lipinski definition) is 2. The second-order valence-electron chi connectivity index (χ2n) is 8.25. The third-order valence-electron chi connectivity index (χ3n) is 5.41. The number of pyridine rings is 1. The Balaban J connectivity index is 1.50. The van der Waals surface area contributed by atoms with Crippen LogP contribution >= 0.6 is 11.8 Å². The number of nitrogens with one attached hydrogen (secondary N) is 2. The Labute approximate surface area is 236 Å². The molecule has 2 aromatic carbocycles. The maximum atomic E-state index is 13.1. The van der Waals surface area contributed by atoms with Crippen molar-refractivity contribution >= 4 is 35.0 Å². The van der Waals surface area contributed by atoms with Crippen molar-refractivity contribution in [3.8, 4) is 28.6 Å². The molecule has 0 atom stereocenters. The van der Waals surface area contributed by atoms with Crippen LogP contribution in [-0.2, 0) is 16.1 Å².